The third kappa shape index (κ3) is 5.14. The average molecular weight is 560 g/mol. The van der Waals surface area contributed by atoms with Crippen molar-refractivity contribution in [1.82, 2.24) is 38.7 Å². The maximum atomic E-state index is 14.6. The van der Waals surface area contributed by atoms with Crippen LogP contribution in [0.1, 0.15) is 31.3 Å². The summed E-state index contributed by atoms with van der Waals surface area (Å²) in [6.45, 7) is 3.01. The number of aromatic nitrogens is 8. The van der Waals surface area contributed by atoms with Crippen molar-refractivity contribution in [2.75, 3.05) is 5.32 Å². The monoisotopic (exact) mass is 559 g/mol. The summed E-state index contributed by atoms with van der Waals surface area (Å²) in [5, 5.41) is 12.3. The first-order valence-corrected chi connectivity index (χ1v) is 12.0. The summed E-state index contributed by atoms with van der Waals surface area (Å²) < 4.78 is 46.8. The molecule has 0 aliphatic carbocycles. The minimum Gasteiger partial charge on any atom is -0.324 e. The number of hydrogen-bond acceptors (Lipinski definition) is 7. The molecule has 39 heavy (non-hydrogen) atoms. The number of fused-ring (bicyclic) bond motifs is 1. The second-order valence-electron chi connectivity index (χ2n) is 9.08. The molecule has 1 N–H and O–H groups in total. The van der Waals surface area contributed by atoms with Crippen molar-refractivity contribution in [3.63, 3.8) is 0 Å². The molecule has 0 amide bonds. The fourth-order valence-corrected chi connectivity index (χ4v) is 4.11. The van der Waals surface area contributed by atoms with Crippen molar-refractivity contribution < 1.29 is 13.2 Å². The predicted octanol–water partition coefficient (Wildman–Crippen LogP) is 3.38. The van der Waals surface area contributed by atoms with Gasteiger partial charge >= 0.3 is 11.4 Å². The van der Waals surface area contributed by atoms with E-state index in [0.29, 0.717) is 23.0 Å². The van der Waals surface area contributed by atoms with Crippen molar-refractivity contribution in [1.29, 1.82) is 0 Å². The van der Waals surface area contributed by atoms with Crippen molar-refractivity contribution >= 4 is 34.1 Å². The molecule has 0 saturated heterocycles. The van der Waals surface area contributed by atoms with E-state index in [1.54, 1.807) is 30.1 Å². The zero-order chi connectivity index (χ0) is 28.0. The molecule has 0 saturated carbocycles. The Balaban J connectivity index is 1.63. The third-order valence-corrected chi connectivity index (χ3v) is 6.21. The van der Waals surface area contributed by atoms with Gasteiger partial charge in [0.25, 0.3) is 0 Å². The molecule has 202 valence electrons. The van der Waals surface area contributed by atoms with Gasteiger partial charge in [-0.05, 0) is 32.0 Å². The number of hydrogen-bond donors (Lipinski definition) is 1. The zero-order valence-electron chi connectivity index (χ0n) is 20.9. The van der Waals surface area contributed by atoms with Gasteiger partial charge in [-0.1, -0.05) is 11.6 Å². The minimum atomic E-state index is -1.38. The van der Waals surface area contributed by atoms with Gasteiger partial charge in [0.15, 0.2) is 17.5 Å². The van der Waals surface area contributed by atoms with Gasteiger partial charge in [-0.15, -0.1) is 0 Å². The van der Waals surface area contributed by atoms with Crippen LogP contribution in [0.25, 0.3) is 10.9 Å². The molecule has 0 spiro atoms. The maximum absolute atomic E-state index is 14.6. The second kappa shape index (κ2) is 10.0. The average Bonchev–Trinajstić information content (AvgIpc) is 3.48. The minimum absolute atomic E-state index is 0.0895. The van der Waals surface area contributed by atoms with Crippen LogP contribution >= 0.6 is 11.6 Å². The quantitative estimate of drug-likeness (QED) is 0.304. The van der Waals surface area contributed by atoms with E-state index in [4.69, 9.17) is 11.6 Å². The van der Waals surface area contributed by atoms with Gasteiger partial charge in [0.05, 0.1) is 29.3 Å². The normalized spacial score (nSPS) is 11.6. The first-order valence-electron chi connectivity index (χ1n) is 11.6. The van der Waals surface area contributed by atoms with Crippen LogP contribution in [0.4, 0.5) is 24.8 Å². The lowest BCUT2D eigenvalue weighted by Gasteiger charge is -2.16. The summed E-state index contributed by atoms with van der Waals surface area (Å²) in [6.07, 6.45) is 3.19. The van der Waals surface area contributed by atoms with E-state index in [9.17, 15) is 22.8 Å². The van der Waals surface area contributed by atoms with Gasteiger partial charge in [0, 0.05) is 36.3 Å². The summed E-state index contributed by atoms with van der Waals surface area (Å²) in [7, 11) is 1.61. The Hall–Kier alpha value is -4.46. The van der Waals surface area contributed by atoms with Crippen LogP contribution in [0.2, 0.25) is 5.02 Å². The lowest BCUT2D eigenvalue weighted by Crippen LogP contribution is -2.43. The van der Waals surface area contributed by atoms with Crippen molar-refractivity contribution in [2.24, 2.45) is 7.05 Å². The van der Waals surface area contributed by atoms with Crippen LogP contribution < -0.4 is 16.7 Å². The number of nitrogens with zero attached hydrogens (tertiary/aromatic N) is 8. The highest BCUT2D eigenvalue weighted by Gasteiger charge is 2.19. The Morgan fingerprint density at radius 3 is 2.41 bits per heavy atom. The zero-order valence-corrected chi connectivity index (χ0v) is 21.6. The molecule has 2 aromatic carbocycles. The van der Waals surface area contributed by atoms with Crippen LogP contribution in [0, 0.1) is 17.5 Å². The topological polar surface area (TPSA) is 117 Å². The molecule has 0 bridgehead atoms. The predicted molar refractivity (Wildman–Crippen MR) is 137 cm³/mol. The molecule has 3 heterocycles. The summed E-state index contributed by atoms with van der Waals surface area (Å²) in [5.74, 6) is -3.91. The van der Waals surface area contributed by atoms with Crippen molar-refractivity contribution in [3.05, 3.63) is 91.6 Å². The Morgan fingerprint density at radius 1 is 0.974 bits per heavy atom. The molecular formula is C24H21ClF3N9O2. The summed E-state index contributed by atoms with van der Waals surface area (Å²) in [6, 6.07) is 4.36. The van der Waals surface area contributed by atoms with Gasteiger partial charge in [0.1, 0.15) is 12.1 Å². The van der Waals surface area contributed by atoms with E-state index in [1.807, 2.05) is 13.8 Å². The number of nitrogens with one attached hydrogen (secondary N) is 1. The summed E-state index contributed by atoms with van der Waals surface area (Å²) in [4.78, 5) is 34.4. The molecule has 0 aliphatic heterocycles. The maximum Gasteiger partial charge on any atom is 0.355 e. The van der Waals surface area contributed by atoms with E-state index < -0.39 is 35.4 Å². The SMILES string of the molecule is CC(C)n1cc2cc(Nc3nc(=O)n(Cc4ncn(C)n4)c(=O)n3Cc3cc(F)c(F)cc3F)c(Cl)cc2n1. The first-order chi connectivity index (χ1) is 18.5. The highest BCUT2D eigenvalue weighted by molar-refractivity contribution is 6.34. The van der Waals surface area contributed by atoms with Crippen LogP contribution in [-0.2, 0) is 20.1 Å². The first kappa shape index (κ1) is 26.2. The van der Waals surface area contributed by atoms with Crippen molar-refractivity contribution in [2.45, 2.75) is 33.0 Å². The van der Waals surface area contributed by atoms with E-state index in [1.165, 1.54) is 11.0 Å². The highest BCUT2D eigenvalue weighted by Crippen LogP contribution is 2.30. The molecule has 15 heteroatoms. The molecule has 0 unspecified atom stereocenters. The van der Waals surface area contributed by atoms with Crippen LogP contribution in [0.3, 0.4) is 0 Å². The molecule has 5 rings (SSSR count). The smallest absolute Gasteiger partial charge is 0.324 e. The third-order valence-electron chi connectivity index (χ3n) is 5.90. The second-order valence-corrected chi connectivity index (χ2v) is 9.49. The number of aryl methyl sites for hydroxylation is 1. The standard InChI is InChI=1S/C24H21ClF3N9O2/c1-12(2)37-9-14-5-20(15(25)6-19(14)32-37)30-22-31-23(38)36(10-21-29-11-34(3)33-21)24(39)35(22)8-13-4-17(27)18(28)7-16(13)26/h4-7,9,11-12H,8,10H2,1-3H3,(H,30,31,38). The Morgan fingerprint density at radius 2 is 1.72 bits per heavy atom. The van der Waals surface area contributed by atoms with E-state index >= 15 is 0 Å². The number of anilines is 2. The lowest BCUT2D eigenvalue weighted by atomic mass is 10.2. The number of benzene rings is 2. The van der Waals surface area contributed by atoms with Gasteiger partial charge < -0.3 is 5.32 Å². The van der Waals surface area contributed by atoms with Gasteiger partial charge in [-0.25, -0.2) is 32.3 Å². The fraction of sp³-hybridized carbons (Fsp3) is 0.250. The molecule has 11 nitrogen and oxygen atoms in total. The fourth-order valence-electron chi connectivity index (χ4n) is 3.90. The van der Waals surface area contributed by atoms with Gasteiger partial charge in [-0.2, -0.15) is 15.2 Å². The number of halogens is 4. The Bertz CT molecular complexity index is 1840. The summed E-state index contributed by atoms with van der Waals surface area (Å²) >= 11 is 6.46. The largest absolute Gasteiger partial charge is 0.355 e. The van der Waals surface area contributed by atoms with Gasteiger partial charge in [-0.3, -0.25) is 13.9 Å². The summed E-state index contributed by atoms with van der Waals surface area (Å²) in [5.41, 5.74) is -1.31. The molecular weight excluding hydrogens is 539 g/mol. The molecule has 5 aromatic rings. The van der Waals surface area contributed by atoms with Crippen LogP contribution in [0.5, 0.6) is 0 Å². The number of rotatable bonds is 7. The Kier molecular flexibility index (Phi) is 6.72. The Labute approximate surface area is 223 Å². The molecule has 0 fully saturated rings. The molecule has 0 aliphatic rings. The van der Waals surface area contributed by atoms with Crippen molar-refractivity contribution in [3.8, 4) is 0 Å². The molecule has 0 radical (unpaired) electrons. The highest BCUT2D eigenvalue weighted by atomic mass is 35.5. The molecule has 0 atom stereocenters. The van der Waals surface area contributed by atoms with E-state index in [0.717, 1.165) is 9.13 Å². The lowest BCUT2D eigenvalue weighted by molar-refractivity contribution is 0.485. The van der Waals surface area contributed by atoms with E-state index in [-0.39, 0.29) is 40.6 Å². The molecule has 3 aromatic heterocycles. The van der Waals surface area contributed by atoms with E-state index in [2.05, 4.69) is 25.5 Å². The van der Waals surface area contributed by atoms with Crippen LogP contribution in [0.15, 0.2) is 46.4 Å². The van der Waals surface area contributed by atoms with Gasteiger partial charge in [0.2, 0.25) is 5.95 Å². The van der Waals surface area contributed by atoms with Crippen LogP contribution in [-0.4, -0.2) is 38.7 Å².